The van der Waals surface area contributed by atoms with Crippen LogP contribution in [0.1, 0.15) is 67.8 Å². The number of ketones is 1. The Bertz CT molecular complexity index is 959. The number of hydrogen-bond donors (Lipinski definition) is 0. The van der Waals surface area contributed by atoms with Crippen molar-refractivity contribution in [1.82, 2.24) is 0 Å². The third-order valence-corrected chi connectivity index (χ3v) is 8.19. The number of hydrogen-bond acceptors (Lipinski definition) is 4. The average molecular weight is 437 g/mol. The van der Waals surface area contributed by atoms with Crippen molar-refractivity contribution in [3.63, 3.8) is 0 Å². The molecule has 0 heterocycles. The van der Waals surface area contributed by atoms with Crippen LogP contribution >= 0.6 is 11.6 Å². The normalized spacial score (nSPS) is 32.5. The molecule has 3 atom stereocenters. The van der Waals surface area contributed by atoms with Crippen LogP contribution in [0.3, 0.4) is 0 Å². The predicted octanol–water partition coefficient (Wildman–Crippen LogP) is 5.38. The molecule has 154 valence electrons. The second kappa shape index (κ2) is 6.11. The van der Waals surface area contributed by atoms with E-state index in [0.717, 1.165) is 51.0 Å². The summed E-state index contributed by atoms with van der Waals surface area (Å²) in [6.45, 7) is 2.05. The van der Waals surface area contributed by atoms with E-state index in [9.17, 15) is 26.4 Å². The maximum Gasteiger partial charge on any atom is 0.534 e. The number of halogens is 4. The lowest BCUT2D eigenvalue weighted by molar-refractivity contribution is -0.0500. The Morgan fingerprint density at radius 3 is 2.57 bits per heavy atom. The molecule has 1 aromatic carbocycles. The minimum atomic E-state index is -5.87. The molecule has 0 aliphatic heterocycles. The van der Waals surface area contributed by atoms with Gasteiger partial charge in [0, 0.05) is 11.0 Å². The van der Waals surface area contributed by atoms with E-state index in [1.54, 1.807) is 0 Å². The van der Waals surface area contributed by atoms with Crippen LogP contribution in [-0.4, -0.2) is 19.7 Å². The third kappa shape index (κ3) is 2.78. The fraction of sp³-hybridized carbons (Fsp3) is 0.632. The summed E-state index contributed by atoms with van der Waals surface area (Å²) in [5, 5.41) is -0.244. The lowest BCUT2D eigenvalue weighted by Gasteiger charge is -2.49. The summed E-state index contributed by atoms with van der Waals surface area (Å²) in [6, 6.07) is 2.53. The standard InChI is InChI=1S/C19H20ClF3O4S/c1-17-6-7-18(5-3-2-4-11(18)10-17)16(24)12-8-15(14(20)9-13(12)17)27-28(25,26)19(21,22)23/h8-9,11H,2-7,10H2,1H3. The van der Waals surface area contributed by atoms with Crippen molar-refractivity contribution in [3.8, 4) is 5.75 Å². The number of benzene rings is 1. The highest BCUT2D eigenvalue weighted by molar-refractivity contribution is 7.88. The molecule has 5 rings (SSSR count). The first-order valence-electron chi connectivity index (χ1n) is 9.29. The number of rotatable bonds is 2. The Balaban J connectivity index is 1.86. The van der Waals surface area contributed by atoms with Crippen LogP contribution in [0.2, 0.25) is 5.02 Å². The van der Waals surface area contributed by atoms with Gasteiger partial charge in [-0.05, 0) is 61.1 Å². The molecule has 0 radical (unpaired) electrons. The molecule has 0 saturated heterocycles. The first-order valence-corrected chi connectivity index (χ1v) is 11.1. The van der Waals surface area contributed by atoms with Gasteiger partial charge in [-0.3, -0.25) is 4.79 Å². The lowest BCUT2D eigenvalue weighted by atomic mass is 9.54. The summed E-state index contributed by atoms with van der Waals surface area (Å²) in [5.74, 6) is -0.541. The SMILES string of the molecule is CC12CCC3(CCCCC3C1)C(=O)c1cc(OS(=O)(=O)C(F)(F)F)c(Cl)cc12. The highest BCUT2D eigenvalue weighted by Gasteiger charge is 2.57. The molecule has 9 heteroatoms. The van der Waals surface area contributed by atoms with Crippen LogP contribution in [0.5, 0.6) is 5.75 Å². The molecule has 2 bridgehead atoms. The molecule has 2 saturated carbocycles. The summed E-state index contributed by atoms with van der Waals surface area (Å²) >= 11 is 6.10. The average Bonchev–Trinajstić information content (AvgIpc) is 2.73. The largest absolute Gasteiger partial charge is 0.534 e. The van der Waals surface area contributed by atoms with Gasteiger partial charge in [0.15, 0.2) is 11.5 Å². The molecule has 3 unspecified atom stereocenters. The maximum absolute atomic E-state index is 13.5. The highest BCUT2D eigenvalue weighted by atomic mass is 35.5. The fourth-order valence-electron chi connectivity index (χ4n) is 5.48. The summed E-state index contributed by atoms with van der Waals surface area (Å²) in [7, 11) is -5.87. The molecule has 28 heavy (non-hydrogen) atoms. The van der Waals surface area contributed by atoms with E-state index >= 15 is 0 Å². The van der Waals surface area contributed by atoms with Crippen molar-refractivity contribution < 1.29 is 30.6 Å². The van der Waals surface area contributed by atoms with Crippen molar-refractivity contribution in [3.05, 3.63) is 28.3 Å². The summed E-state index contributed by atoms with van der Waals surface area (Å²) in [5.41, 5.74) is -5.48. The van der Waals surface area contributed by atoms with Crippen molar-refractivity contribution in [2.75, 3.05) is 0 Å². The Hall–Kier alpha value is -1.28. The summed E-state index contributed by atoms with van der Waals surface area (Å²) in [4.78, 5) is 13.5. The van der Waals surface area contributed by atoms with E-state index in [1.165, 1.54) is 6.07 Å². The van der Waals surface area contributed by atoms with Gasteiger partial charge >= 0.3 is 15.6 Å². The zero-order chi connectivity index (χ0) is 20.5. The molecule has 4 nitrogen and oxygen atoms in total. The lowest BCUT2D eigenvalue weighted by Crippen LogP contribution is -2.45. The van der Waals surface area contributed by atoms with Crippen molar-refractivity contribution >= 4 is 27.5 Å². The molecule has 2 fully saturated rings. The van der Waals surface area contributed by atoms with E-state index in [-0.39, 0.29) is 27.7 Å². The topological polar surface area (TPSA) is 60.4 Å². The van der Waals surface area contributed by atoms with Crippen LogP contribution in [0.15, 0.2) is 12.1 Å². The molecule has 4 aliphatic rings. The van der Waals surface area contributed by atoms with Crippen molar-refractivity contribution in [2.24, 2.45) is 11.3 Å². The Labute approximate surface area is 166 Å². The second-order valence-corrected chi connectivity index (χ2v) is 10.4. The molecular formula is C19H20ClF3O4S. The van der Waals surface area contributed by atoms with Crippen LogP contribution in [-0.2, 0) is 15.5 Å². The minimum Gasteiger partial charge on any atom is -0.374 e. The van der Waals surface area contributed by atoms with E-state index in [1.807, 2.05) is 6.92 Å². The summed E-state index contributed by atoms with van der Waals surface area (Å²) < 4.78 is 65.3. The van der Waals surface area contributed by atoms with Gasteiger partial charge in [-0.25, -0.2) is 0 Å². The Kier molecular flexibility index (Phi) is 4.37. The van der Waals surface area contributed by atoms with Crippen molar-refractivity contribution in [2.45, 2.75) is 62.8 Å². The van der Waals surface area contributed by atoms with Crippen molar-refractivity contribution in [1.29, 1.82) is 0 Å². The third-order valence-electron chi connectivity index (χ3n) is 6.93. The van der Waals surface area contributed by atoms with Gasteiger partial charge in [-0.1, -0.05) is 31.4 Å². The van der Waals surface area contributed by atoms with Gasteiger partial charge in [0.25, 0.3) is 0 Å². The Morgan fingerprint density at radius 1 is 1.18 bits per heavy atom. The zero-order valence-electron chi connectivity index (χ0n) is 15.2. The Morgan fingerprint density at radius 2 is 1.89 bits per heavy atom. The quantitative estimate of drug-likeness (QED) is 0.461. The smallest absolute Gasteiger partial charge is 0.374 e. The van der Waals surface area contributed by atoms with E-state index in [4.69, 9.17) is 11.6 Å². The molecule has 0 amide bonds. The van der Waals surface area contributed by atoms with Gasteiger partial charge < -0.3 is 4.18 Å². The number of carbonyl (C=O) groups excluding carboxylic acids is 1. The second-order valence-electron chi connectivity index (χ2n) is 8.50. The van der Waals surface area contributed by atoms with E-state index in [2.05, 4.69) is 4.18 Å². The summed E-state index contributed by atoms with van der Waals surface area (Å²) in [6.07, 6.45) is 6.05. The van der Waals surface area contributed by atoms with Crippen LogP contribution in [0.4, 0.5) is 13.2 Å². The van der Waals surface area contributed by atoms with Gasteiger partial charge in [-0.2, -0.15) is 21.6 Å². The number of fused-ring (bicyclic) bond motifs is 1. The highest BCUT2D eigenvalue weighted by Crippen LogP contribution is 2.61. The number of alkyl halides is 3. The molecule has 1 aromatic rings. The number of carbonyl (C=O) groups is 1. The first-order chi connectivity index (χ1) is 12.9. The van der Waals surface area contributed by atoms with E-state index in [0.29, 0.717) is 5.56 Å². The molecular weight excluding hydrogens is 417 g/mol. The van der Waals surface area contributed by atoms with Crippen LogP contribution in [0.25, 0.3) is 0 Å². The van der Waals surface area contributed by atoms with Gasteiger partial charge in [0.05, 0.1) is 5.02 Å². The minimum absolute atomic E-state index is 0.112. The van der Waals surface area contributed by atoms with Gasteiger partial charge in [0.2, 0.25) is 0 Å². The maximum atomic E-state index is 13.5. The van der Waals surface area contributed by atoms with Crippen LogP contribution < -0.4 is 4.18 Å². The molecule has 0 aromatic heterocycles. The monoisotopic (exact) mass is 436 g/mol. The van der Waals surface area contributed by atoms with Gasteiger partial charge in [-0.15, -0.1) is 0 Å². The molecule has 1 spiro atoms. The van der Waals surface area contributed by atoms with E-state index < -0.39 is 26.8 Å². The zero-order valence-corrected chi connectivity index (χ0v) is 16.8. The number of Topliss-reactive ketones (excluding diaryl/α,β-unsaturated/α-hetero) is 1. The molecule has 0 N–H and O–H groups in total. The van der Waals surface area contributed by atoms with Gasteiger partial charge in [0.1, 0.15) is 0 Å². The van der Waals surface area contributed by atoms with Crippen LogP contribution in [0, 0.1) is 11.3 Å². The first kappa shape index (κ1) is 20.0. The fourth-order valence-corrected chi connectivity index (χ4v) is 6.19. The molecule has 4 aliphatic carbocycles. The predicted molar refractivity (Wildman–Crippen MR) is 97.0 cm³/mol.